The maximum absolute atomic E-state index is 12.4. The van der Waals surface area contributed by atoms with E-state index >= 15 is 0 Å². The van der Waals surface area contributed by atoms with Crippen molar-refractivity contribution in [1.29, 1.82) is 0 Å². The molecule has 0 radical (unpaired) electrons. The van der Waals surface area contributed by atoms with Gasteiger partial charge in [0, 0.05) is 28.1 Å². The van der Waals surface area contributed by atoms with Gasteiger partial charge in [0.25, 0.3) is 11.1 Å². The van der Waals surface area contributed by atoms with Crippen LogP contribution in [0, 0.1) is 0 Å². The summed E-state index contributed by atoms with van der Waals surface area (Å²) in [5.74, 6) is -0.224. The molecule has 1 saturated heterocycles. The first-order chi connectivity index (χ1) is 11.0. The quantitative estimate of drug-likeness (QED) is 0.714. The van der Waals surface area contributed by atoms with Crippen LogP contribution in [0.25, 0.3) is 11.8 Å². The largest absolute Gasteiger partial charge is 0.317 e. The molecule has 4 nitrogen and oxygen atoms in total. The SMILES string of the molecule is CC(C)N1C(=O)S/C(=C/c2cccn2-c2ccc(Br)cc2)C1=O. The van der Waals surface area contributed by atoms with Gasteiger partial charge in [-0.2, -0.15) is 0 Å². The summed E-state index contributed by atoms with van der Waals surface area (Å²) in [5, 5.41) is -0.210. The number of rotatable bonds is 3. The maximum Gasteiger partial charge on any atom is 0.293 e. The zero-order valence-electron chi connectivity index (χ0n) is 12.7. The predicted octanol–water partition coefficient (Wildman–Crippen LogP) is 4.68. The van der Waals surface area contributed by atoms with Gasteiger partial charge in [0.1, 0.15) is 0 Å². The highest BCUT2D eigenvalue weighted by Crippen LogP contribution is 2.33. The predicted molar refractivity (Wildman–Crippen MR) is 96.4 cm³/mol. The molecule has 0 atom stereocenters. The minimum Gasteiger partial charge on any atom is -0.317 e. The third kappa shape index (κ3) is 3.14. The number of amides is 2. The Balaban J connectivity index is 1.96. The van der Waals surface area contributed by atoms with Crippen LogP contribution < -0.4 is 0 Å². The zero-order valence-corrected chi connectivity index (χ0v) is 15.1. The summed E-state index contributed by atoms with van der Waals surface area (Å²) in [5.41, 5.74) is 1.86. The monoisotopic (exact) mass is 390 g/mol. The molecule has 2 amide bonds. The standard InChI is InChI=1S/C17H15BrN2O2S/c1-11(2)20-16(21)15(23-17(20)22)10-14-4-3-9-19(14)13-7-5-12(18)6-8-13/h3-11H,1-2H3/b15-10+. The smallest absolute Gasteiger partial charge is 0.293 e. The van der Waals surface area contributed by atoms with Gasteiger partial charge in [0.05, 0.1) is 4.91 Å². The summed E-state index contributed by atoms with van der Waals surface area (Å²) in [6, 6.07) is 11.6. The van der Waals surface area contributed by atoms with Gasteiger partial charge < -0.3 is 4.57 Å². The van der Waals surface area contributed by atoms with Gasteiger partial charge in [-0.05, 0) is 68.1 Å². The van der Waals surface area contributed by atoms with E-state index in [1.54, 1.807) is 6.08 Å². The molecule has 23 heavy (non-hydrogen) atoms. The Morgan fingerprint density at radius 2 is 1.83 bits per heavy atom. The molecule has 1 aliphatic rings. The summed E-state index contributed by atoms with van der Waals surface area (Å²) in [7, 11) is 0. The molecule has 1 fully saturated rings. The first-order valence-corrected chi connectivity index (χ1v) is 8.78. The van der Waals surface area contributed by atoms with Gasteiger partial charge in [0.15, 0.2) is 0 Å². The van der Waals surface area contributed by atoms with Crippen LogP contribution in [0.5, 0.6) is 0 Å². The van der Waals surface area contributed by atoms with Crippen LogP contribution in [0.4, 0.5) is 4.79 Å². The highest BCUT2D eigenvalue weighted by molar-refractivity contribution is 9.10. The molecule has 118 valence electrons. The molecule has 1 aliphatic heterocycles. The van der Waals surface area contributed by atoms with Crippen LogP contribution in [0.2, 0.25) is 0 Å². The number of aromatic nitrogens is 1. The number of imide groups is 1. The van der Waals surface area contributed by atoms with Crippen LogP contribution in [-0.2, 0) is 4.79 Å². The molecule has 0 unspecified atom stereocenters. The topological polar surface area (TPSA) is 42.3 Å². The van der Waals surface area contributed by atoms with Crippen molar-refractivity contribution in [3.63, 3.8) is 0 Å². The Morgan fingerprint density at radius 3 is 2.43 bits per heavy atom. The number of carbonyl (C=O) groups excluding carboxylic acids is 2. The summed E-state index contributed by atoms with van der Waals surface area (Å²) in [6.07, 6.45) is 3.71. The van der Waals surface area contributed by atoms with E-state index in [1.807, 2.05) is 61.0 Å². The second kappa shape index (κ2) is 6.37. The fourth-order valence-corrected chi connectivity index (χ4v) is 3.62. The van der Waals surface area contributed by atoms with Crippen LogP contribution in [-0.4, -0.2) is 26.7 Å². The average Bonchev–Trinajstić information content (AvgIpc) is 3.05. The van der Waals surface area contributed by atoms with Crippen molar-refractivity contribution >= 4 is 44.9 Å². The Morgan fingerprint density at radius 1 is 1.13 bits per heavy atom. The van der Waals surface area contributed by atoms with E-state index in [0.717, 1.165) is 27.6 Å². The second-order valence-electron chi connectivity index (χ2n) is 5.42. The lowest BCUT2D eigenvalue weighted by Crippen LogP contribution is -2.34. The number of benzene rings is 1. The Hall–Kier alpha value is -1.79. The van der Waals surface area contributed by atoms with Gasteiger partial charge in [-0.3, -0.25) is 14.5 Å². The molecule has 3 rings (SSSR count). The van der Waals surface area contributed by atoms with Gasteiger partial charge in [-0.25, -0.2) is 0 Å². The van der Waals surface area contributed by atoms with Crippen molar-refractivity contribution in [3.05, 3.63) is 57.7 Å². The van der Waals surface area contributed by atoms with Crippen molar-refractivity contribution < 1.29 is 9.59 Å². The van der Waals surface area contributed by atoms with Gasteiger partial charge >= 0.3 is 0 Å². The molecule has 1 aromatic carbocycles. The van der Waals surface area contributed by atoms with E-state index < -0.39 is 0 Å². The second-order valence-corrected chi connectivity index (χ2v) is 7.33. The summed E-state index contributed by atoms with van der Waals surface area (Å²) < 4.78 is 2.99. The van der Waals surface area contributed by atoms with Crippen LogP contribution in [0.1, 0.15) is 19.5 Å². The minimum absolute atomic E-state index is 0.133. The van der Waals surface area contributed by atoms with Gasteiger partial charge in [0.2, 0.25) is 0 Å². The lowest BCUT2D eigenvalue weighted by atomic mass is 10.3. The summed E-state index contributed by atoms with van der Waals surface area (Å²) >= 11 is 4.41. The van der Waals surface area contributed by atoms with Crippen molar-refractivity contribution in [2.75, 3.05) is 0 Å². The fourth-order valence-electron chi connectivity index (χ4n) is 2.41. The number of hydrogen-bond donors (Lipinski definition) is 0. The third-order valence-electron chi connectivity index (χ3n) is 3.50. The van der Waals surface area contributed by atoms with Crippen LogP contribution >= 0.6 is 27.7 Å². The van der Waals surface area contributed by atoms with E-state index in [4.69, 9.17) is 0 Å². The Bertz CT molecular complexity index is 793. The maximum atomic E-state index is 12.4. The van der Waals surface area contributed by atoms with Gasteiger partial charge in [-0.1, -0.05) is 15.9 Å². The van der Waals surface area contributed by atoms with Gasteiger partial charge in [-0.15, -0.1) is 0 Å². The van der Waals surface area contributed by atoms with Crippen molar-refractivity contribution in [2.45, 2.75) is 19.9 Å². The van der Waals surface area contributed by atoms with E-state index in [1.165, 1.54) is 4.90 Å². The minimum atomic E-state index is -0.224. The lowest BCUT2D eigenvalue weighted by molar-refractivity contribution is -0.123. The number of carbonyl (C=O) groups is 2. The lowest BCUT2D eigenvalue weighted by Gasteiger charge is -2.16. The molecule has 0 N–H and O–H groups in total. The highest BCUT2D eigenvalue weighted by atomic mass is 79.9. The van der Waals surface area contributed by atoms with Crippen LogP contribution in [0.3, 0.4) is 0 Å². The van der Waals surface area contributed by atoms with E-state index in [-0.39, 0.29) is 17.2 Å². The van der Waals surface area contributed by atoms with Crippen molar-refractivity contribution in [1.82, 2.24) is 9.47 Å². The Labute approximate surface area is 147 Å². The third-order valence-corrected chi connectivity index (χ3v) is 4.92. The molecular formula is C17H15BrN2O2S. The summed E-state index contributed by atoms with van der Waals surface area (Å²) in [4.78, 5) is 26.1. The van der Waals surface area contributed by atoms with Crippen molar-refractivity contribution in [3.8, 4) is 5.69 Å². The van der Waals surface area contributed by atoms with Crippen LogP contribution in [0.15, 0.2) is 52.0 Å². The number of thioether (sulfide) groups is 1. The molecule has 0 aliphatic carbocycles. The highest BCUT2D eigenvalue weighted by Gasteiger charge is 2.36. The molecule has 6 heteroatoms. The molecule has 0 bridgehead atoms. The first kappa shape index (κ1) is 16.1. The van der Waals surface area contributed by atoms with Crippen molar-refractivity contribution in [2.24, 2.45) is 0 Å². The summed E-state index contributed by atoms with van der Waals surface area (Å²) in [6.45, 7) is 3.67. The van der Waals surface area contributed by atoms with E-state index in [0.29, 0.717) is 4.91 Å². The average molecular weight is 391 g/mol. The fraction of sp³-hybridized carbons (Fsp3) is 0.176. The molecule has 0 spiro atoms. The van der Waals surface area contributed by atoms with E-state index in [9.17, 15) is 9.59 Å². The molecular weight excluding hydrogens is 376 g/mol. The first-order valence-electron chi connectivity index (χ1n) is 7.18. The number of hydrogen-bond acceptors (Lipinski definition) is 3. The molecule has 1 aromatic heterocycles. The number of halogens is 1. The number of nitrogens with zero attached hydrogens (tertiary/aromatic N) is 2. The van der Waals surface area contributed by atoms with E-state index in [2.05, 4.69) is 15.9 Å². The molecule has 0 saturated carbocycles. The molecule has 2 aromatic rings. The molecule has 2 heterocycles. The normalized spacial score (nSPS) is 16.9. The Kier molecular flexibility index (Phi) is 4.46. The zero-order chi connectivity index (χ0) is 16.6.